The van der Waals surface area contributed by atoms with Crippen LogP contribution in [0.1, 0.15) is 54.9 Å². The number of primary amides is 1. The van der Waals surface area contributed by atoms with Crippen LogP contribution in [0.15, 0.2) is 42.6 Å². The van der Waals surface area contributed by atoms with Crippen molar-refractivity contribution in [3.05, 3.63) is 53.7 Å². The fourth-order valence-electron chi connectivity index (χ4n) is 3.57. The van der Waals surface area contributed by atoms with E-state index in [-0.39, 0.29) is 0 Å². The molecular weight excluding hydrogens is 310 g/mol. The molecule has 0 saturated heterocycles. The Morgan fingerprint density at radius 3 is 2.64 bits per heavy atom. The third-order valence-corrected chi connectivity index (χ3v) is 5.29. The maximum atomic E-state index is 11.3. The molecule has 2 aromatic rings. The molecule has 1 aliphatic rings. The molecule has 25 heavy (non-hydrogen) atoms. The molecule has 4 nitrogen and oxygen atoms in total. The molecule has 132 valence electrons. The smallest absolute Gasteiger partial charge is 0.248 e. The molecule has 1 fully saturated rings. The van der Waals surface area contributed by atoms with Crippen LogP contribution in [0.3, 0.4) is 0 Å². The number of carbonyl (C=O) groups is 1. The molecule has 1 amide bonds. The van der Waals surface area contributed by atoms with Gasteiger partial charge in [-0.3, -0.25) is 9.78 Å². The fraction of sp³-hybridized carbons (Fsp3) is 0.429. The van der Waals surface area contributed by atoms with Crippen LogP contribution in [0.2, 0.25) is 0 Å². The van der Waals surface area contributed by atoms with Gasteiger partial charge in [0.15, 0.2) is 0 Å². The summed E-state index contributed by atoms with van der Waals surface area (Å²) in [6.45, 7) is 3.15. The largest absolute Gasteiger partial charge is 0.366 e. The molecule has 0 aliphatic heterocycles. The topological polar surface area (TPSA) is 68.0 Å². The Morgan fingerprint density at radius 2 is 2.00 bits per heavy atom. The molecule has 0 bridgehead atoms. The summed E-state index contributed by atoms with van der Waals surface area (Å²) >= 11 is 0. The number of benzene rings is 1. The minimum atomic E-state index is -0.416. The number of nitrogens with zero attached hydrogens (tertiary/aromatic N) is 1. The highest BCUT2D eigenvalue weighted by molar-refractivity contribution is 5.93. The van der Waals surface area contributed by atoms with Crippen LogP contribution in [0.4, 0.5) is 0 Å². The van der Waals surface area contributed by atoms with Crippen molar-refractivity contribution in [2.45, 2.75) is 51.6 Å². The highest BCUT2D eigenvalue weighted by Gasteiger charge is 2.19. The zero-order chi connectivity index (χ0) is 17.6. The lowest BCUT2D eigenvalue weighted by Gasteiger charge is -2.28. The summed E-state index contributed by atoms with van der Waals surface area (Å²) in [5, 5.41) is 3.66. The number of hydrogen-bond donors (Lipinski definition) is 2. The van der Waals surface area contributed by atoms with Gasteiger partial charge in [0, 0.05) is 29.9 Å². The number of nitrogens with one attached hydrogen (secondary N) is 1. The van der Waals surface area contributed by atoms with Crippen LogP contribution in [-0.2, 0) is 6.54 Å². The van der Waals surface area contributed by atoms with Gasteiger partial charge in [-0.15, -0.1) is 0 Å². The summed E-state index contributed by atoms with van der Waals surface area (Å²) in [4.78, 5) is 15.9. The zero-order valence-corrected chi connectivity index (χ0v) is 14.9. The number of amides is 1. The van der Waals surface area contributed by atoms with Gasteiger partial charge in [0.05, 0.1) is 5.69 Å². The van der Waals surface area contributed by atoms with E-state index in [0.29, 0.717) is 11.6 Å². The molecule has 0 unspecified atom stereocenters. The van der Waals surface area contributed by atoms with Crippen molar-refractivity contribution in [1.82, 2.24) is 10.3 Å². The van der Waals surface area contributed by atoms with Crippen LogP contribution >= 0.6 is 0 Å². The van der Waals surface area contributed by atoms with Crippen LogP contribution in [0.5, 0.6) is 0 Å². The van der Waals surface area contributed by atoms with E-state index in [1.807, 2.05) is 24.4 Å². The van der Waals surface area contributed by atoms with Crippen molar-refractivity contribution >= 4 is 5.91 Å². The Hall–Kier alpha value is -2.20. The Balaban J connectivity index is 1.57. The van der Waals surface area contributed by atoms with Crippen LogP contribution < -0.4 is 11.1 Å². The second-order valence-corrected chi connectivity index (χ2v) is 7.00. The molecule has 3 N–H and O–H groups in total. The van der Waals surface area contributed by atoms with E-state index in [9.17, 15) is 4.79 Å². The van der Waals surface area contributed by atoms with Crippen LogP contribution in [-0.4, -0.2) is 16.9 Å². The summed E-state index contributed by atoms with van der Waals surface area (Å²) in [6.07, 6.45) is 8.49. The van der Waals surface area contributed by atoms with Gasteiger partial charge in [0.1, 0.15) is 0 Å². The van der Waals surface area contributed by atoms with Gasteiger partial charge in [-0.25, -0.2) is 0 Å². The van der Waals surface area contributed by atoms with Gasteiger partial charge in [-0.1, -0.05) is 31.5 Å². The van der Waals surface area contributed by atoms with Crippen LogP contribution in [0.25, 0.3) is 11.3 Å². The Labute approximate surface area is 149 Å². The van der Waals surface area contributed by atoms with E-state index in [1.54, 1.807) is 12.1 Å². The summed E-state index contributed by atoms with van der Waals surface area (Å²) < 4.78 is 0. The van der Waals surface area contributed by atoms with Gasteiger partial charge in [-0.2, -0.15) is 0 Å². The van der Waals surface area contributed by atoms with Gasteiger partial charge < -0.3 is 11.1 Å². The lowest BCUT2D eigenvalue weighted by atomic mass is 9.84. The number of pyridine rings is 1. The summed E-state index contributed by atoms with van der Waals surface area (Å²) in [5.74, 6) is 0.510. The number of aromatic nitrogens is 1. The molecule has 0 atom stereocenters. The van der Waals surface area contributed by atoms with Crippen molar-refractivity contribution in [3.63, 3.8) is 0 Å². The van der Waals surface area contributed by atoms with Gasteiger partial charge in [0.25, 0.3) is 0 Å². The Bertz CT molecular complexity index is 703. The zero-order valence-electron chi connectivity index (χ0n) is 14.9. The van der Waals surface area contributed by atoms with E-state index in [0.717, 1.165) is 23.7 Å². The molecule has 0 spiro atoms. The second kappa shape index (κ2) is 8.26. The second-order valence-electron chi connectivity index (χ2n) is 7.00. The Kier molecular flexibility index (Phi) is 5.82. The highest BCUT2D eigenvalue weighted by Crippen LogP contribution is 2.26. The SMILES string of the molecule is CCC1CCC(NCc2ccc(-c3cccc(C(N)=O)c3)nc2)CC1. The van der Waals surface area contributed by atoms with E-state index >= 15 is 0 Å². The van der Waals surface area contributed by atoms with Gasteiger partial charge in [-0.05, 0) is 55.4 Å². The predicted octanol–water partition coefficient (Wildman–Crippen LogP) is 3.91. The van der Waals surface area contributed by atoms with E-state index in [2.05, 4.69) is 23.3 Å². The first-order valence-electron chi connectivity index (χ1n) is 9.24. The molecule has 0 radical (unpaired) electrons. The quantitative estimate of drug-likeness (QED) is 0.840. The minimum Gasteiger partial charge on any atom is -0.366 e. The summed E-state index contributed by atoms with van der Waals surface area (Å²) in [6, 6.07) is 12.0. The number of carbonyl (C=O) groups excluding carboxylic acids is 1. The molecule has 1 aromatic heterocycles. The first kappa shape index (κ1) is 17.6. The van der Waals surface area contributed by atoms with Crippen LogP contribution in [0, 0.1) is 5.92 Å². The van der Waals surface area contributed by atoms with Gasteiger partial charge >= 0.3 is 0 Å². The van der Waals surface area contributed by atoms with E-state index in [4.69, 9.17) is 5.73 Å². The molecule has 4 heteroatoms. The number of nitrogens with two attached hydrogens (primary N) is 1. The molecule has 1 aromatic carbocycles. The van der Waals surface area contributed by atoms with E-state index in [1.165, 1.54) is 37.7 Å². The normalized spacial score (nSPS) is 20.4. The van der Waals surface area contributed by atoms with Crippen molar-refractivity contribution in [2.75, 3.05) is 0 Å². The average Bonchev–Trinajstić information content (AvgIpc) is 2.67. The number of rotatable bonds is 6. The van der Waals surface area contributed by atoms with Gasteiger partial charge in [0.2, 0.25) is 5.91 Å². The Morgan fingerprint density at radius 1 is 1.20 bits per heavy atom. The molecule has 1 saturated carbocycles. The number of hydrogen-bond acceptors (Lipinski definition) is 3. The third kappa shape index (κ3) is 4.67. The van der Waals surface area contributed by atoms with Crippen molar-refractivity contribution < 1.29 is 4.79 Å². The van der Waals surface area contributed by atoms with Crippen molar-refractivity contribution in [3.8, 4) is 11.3 Å². The molecular formula is C21H27N3O. The summed E-state index contributed by atoms with van der Waals surface area (Å²) in [5.41, 5.74) is 8.81. The summed E-state index contributed by atoms with van der Waals surface area (Å²) in [7, 11) is 0. The monoisotopic (exact) mass is 337 g/mol. The predicted molar refractivity (Wildman–Crippen MR) is 101 cm³/mol. The fourth-order valence-corrected chi connectivity index (χ4v) is 3.57. The average molecular weight is 337 g/mol. The highest BCUT2D eigenvalue weighted by atomic mass is 16.1. The van der Waals surface area contributed by atoms with Crippen molar-refractivity contribution in [1.29, 1.82) is 0 Å². The lowest BCUT2D eigenvalue weighted by Crippen LogP contribution is -2.32. The first-order valence-corrected chi connectivity index (χ1v) is 9.24. The first-order chi connectivity index (χ1) is 12.2. The third-order valence-electron chi connectivity index (χ3n) is 5.29. The lowest BCUT2D eigenvalue weighted by molar-refractivity contribution is 0.100. The maximum Gasteiger partial charge on any atom is 0.248 e. The molecule has 1 heterocycles. The maximum absolute atomic E-state index is 11.3. The standard InChI is InChI=1S/C21H27N3O/c1-2-15-6-9-19(10-7-15)23-13-16-8-11-20(24-14-16)17-4-3-5-18(12-17)21(22)25/h3-5,8,11-12,14-15,19,23H,2,6-7,9-10,13H2,1H3,(H2,22,25). The molecule has 1 aliphatic carbocycles. The minimum absolute atomic E-state index is 0.416. The van der Waals surface area contributed by atoms with E-state index < -0.39 is 5.91 Å². The molecule has 3 rings (SSSR count). The van der Waals surface area contributed by atoms with Crippen molar-refractivity contribution in [2.24, 2.45) is 11.7 Å².